The Bertz CT molecular complexity index is 697. The highest BCUT2D eigenvalue weighted by Crippen LogP contribution is 2.33. The van der Waals surface area contributed by atoms with E-state index in [9.17, 15) is 9.90 Å². The van der Waals surface area contributed by atoms with Crippen LogP contribution in [-0.4, -0.2) is 37.7 Å². The molecule has 7 heteroatoms. The molecule has 1 aromatic heterocycles. The molecule has 0 radical (unpaired) electrons. The quantitative estimate of drug-likeness (QED) is 0.560. The highest BCUT2D eigenvalue weighted by Gasteiger charge is 2.15. The molecule has 1 N–H and O–H groups in total. The normalized spacial score (nSPS) is 10.8. The number of aryl methyl sites for hydroxylation is 2. The van der Waals surface area contributed by atoms with Crippen molar-refractivity contribution in [3.8, 4) is 11.5 Å². The summed E-state index contributed by atoms with van der Waals surface area (Å²) in [6, 6.07) is 3.39. The van der Waals surface area contributed by atoms with Gasteiger partial charge >= 0.3 is 0 Å². The van der Waals surface area contributed by atoms with Crippen LogP contribution in [0.2, 0.25) is 0 Å². The van der Waals surface area contributed by atoms with Gasteiger partial charge in [-0.25, -0.2) is 4.68 Å². The van der Waals surface area contributed by atoms with Gasteiger partial charge in [0.25, 0.3) is 0 Å². The fourth-order valence-corrected chi connectivity index (χ4v) is 2.56. The molecule has 0 aliphatic rings. The Labute approximate surface area is 141 Å². The number of hydrogen-bond acceptors (Lipinski definition) is 6. The first kappa shape index (κ1) is 17.9. The van der Waals surface area contributed by atoms with E-state index in [1.165, 1.54) is 6.92 Å². The molecule has 2 aromatic rings. The van der Waals surface area contributed by atoms with Crippen LogP contribution in [0.4, 0.5) is 0 Å². The highest BCUT2D eigenvalue weighted by atomic mass is 16.5. The topological polar surface area (TPSA) is 90.1 Å². The van der Waals surface area contributed by atoms with Crippen LogP contribution in [0.5, 0.6) is 11.5 Å². The number of nitrogens with zero attached hydrogens (tertiary/aromatic N) is 4. The van der Waals surface area contributed by atoms with Crippen molar-refractivity contribution in [2.24, 2.45) is 7.05 Å². The van der Waals surface area contributed by atoms with Crippen LogP contribution in [0, 0.1) is 0 Å². The molecule has 0 saturated carbocycles. The van der Waals surface area contributed by atoms with E-state index in [0.717, 1.165) is 31.5 Å². The maximum atomic E-state index is 11.6. The van der Waals surface area contributed by atoms with Crippen molar-refractivity contribution < 1.29 is 14.6 Å². The number of ether oxygens (including phenoxy) is 1. The molecule has 1 heterocycles. The lowest BCUT2D eigenvalue weighted by molar-refractivity contribution is 0.101. The smallest absolute Gasteiger partial charge is 0.163 e. The molecule has 0 saturated heterocycles. The summed E-state index contributed by atoms with van der Waals surface area (Å²) in [5.74, 6) is 1.41. The van der Waals surface area contributed by atoms with Gasteiger partial charge in [-0.3, -0.25) is 4.79 Å². The zero-order valence-corrected chi connectivity index (χ0v) is 14.4. The second-order valence-electron chi connectivity index (χ2n) is 5.77. The van der Waals surface area contributed by atoms with Crippen LogP contribution in [0.1, 0.15) is 54.9 Å². The number of ketones is 1. The SMILES string of the molecule is CCCc1c(OCCCCc2nnnn2C)ccc(C(C)=O)c1O. The van der Waals surface area contributed by atoms with E-state index in [1.54, 1.807) is 16.8 Å². The van der Waals surface area contributed by atoms with Gasteiger partial charge in [-0.05, 0) is 48.7 Å². The molecule has 0 amide bonds. The average molecular weight is 332 g/mol. The lowest BCUT2D eigenvalue weighted by Gasteiger charge is -2.14. The van der Waals surface area contributed by atoms with Crippen LogP contribution in [0.15, 0.2) is 12.1 Å². The van der Waals surface area contributed by atoms with Crippen LogP contribution in [0.3, 0.4) is 0 Å². The van der Waals surface area contributed by atoms with Gasteiger partial charge in [-0.15, -0.1) is 5.10 Å². The number of unbranched alkanes of at least 4 members (excludes halogenated alkanes) is 1. The second kappa shape index (κ2) is 8.42. The van der Waals surface area contributed by atoms with Crippen LogP contribution < -0.4 is 4.74 Å². The monoisotopic (exact) mass is 332 g/mol. The van der Waals surface area contributed by atoms with Crippen molar-refractivity contribution >= 4 is 5.78 Å². The molecular formula is C17H24N4O3. The van der Waals surface area contributed by atoms with Gasteiger partial charge in [0.1, 0.15) is 11.5 Å². The number of benzene rings is 1. The summed E-state index contributed by atoms with van der Waals surface area (Å²) < 4.78 is 7.49. The predicted octanol–water partition coefficient (Wildman–Crippen LogP) is 2.47. The Balaban J connectivity index is 1.93. The molecule has 0 aliphatic carbocycles. The van der Waals surface area contributed by atoms with E-state index in [-0.39, 0.29) is 11.5 Å². The third-order valence-electron chi connectivity index (χ3n) is 3.88. The third-order valence-corrected chi connectivity index (χ3v) is 3.88. The first-order chi connectivity index (χ1) is 11.5. The number of tetrazole rings is 1. The number of rotatable bonds is 9. The van der Waals surface area contributed by atoms with E-state index in [4.69, 9.17) is 4.74 Å². The molecule has 130 valence electrons. The largest absolute Gasteiger partial charge is 0.507 e. The van der Waals surface area contributed by atoms with Crippen LogP contribution in [-0.2, 0) is 19.9 Å². The molecule has 0 unspecified atom stereocenters. The van der Waals surface area contributed by atoms with E-state index >= 15 is 0 Å². The molecule has 24 heavy (non-hydrogen) atoms. The summed E-state index contributed by atoms with van der Waals surface area (Å²) in [6.07, 6.45) is 4.10. The number of phenolic OH excluding ortho intramolecular Hbond substituents is 1. The maximum absolute atomic E-state index is 11.6. The molecule has 1 aromatic carbocycles. The van der Waals surface area contributed by atoms with Crippen LogP contribution >= 0.6 is 0 Å². The predicted molar refractivity (Wildman–Crippen MR) is 89.3 cm³/mol. The number of aromatic nitrogens is 4. The summed E-state index contributed by atoms with van der Waals surface area (Å²) in [5, 5.41) is 21.7. The zero-order chi connectivity index (χ0) is 17.5. The lowest BCUT2D eigenvalue weighted by Crippen LogP contribution is -2.05. The number of carbonyl (C=O) groups excluding carboxylic acids is 1. The third kappa shape index (κ3) is 4.31. The van der Waals surface area contributed by atoms with Gasteiger partial charge in [0.2, 0.25) is 0 Å². The fraction of sp³-hybridized carbons (Fsp3) is 0.529. The number of phenols is 1. The van der Waals surface area contributed by atoms with Crippen molar-refractivity contribution in [3.05, 3.63) is 29.1 Å². The second-order valence-corrected chi connectivity index (χ2v) is 5.77. The summed E-state index contributed by atoms with van der Waals surface area (Å²) in [6.45, 7) is 4.02. The van der Waals surface area contributed by atoms with Gasteiger partial charge in [0.15, 0.2) is 11.6 Å². The maximum Gasteiger partial charge on any atom is 0.163 e. The summed E-state index contributed by atoms with van der Waals surface area (Å²) >= 11 is 0. The minimum absolute atomic E-state index is 0.0482. The molecule has 0 fully saturated rings. The van der Waals surface area contributed by atoms with E-state index in [2.05, 4.69) is 15.5 Å². The molecule has 0 aliphatic heterocycles. The summed E-state index contributed by atoms with van der Waals surface area (Å²) in [4.78, 5) is 11.6. The fourth-order valence-electron chi connectivity index (χ4n) is 2.56. The van der Waals surface area contributed by atoms with Gasteiger partial charge < -0.3 is 9.84 Å². The van der Waals surface area contributed by atoms with Crippen molar-refractivity contribution in [1.82, 2.24) is 20.2 Å². The summed E-state index contributed by atoms with van der Waals surface area (Å²) in [5.41, 5.74) is 1.06. The highest BCUT2D eigenvalue weighted by molar-refractivity contribution is 5.97. The molecule has 2 rings (SSSR count). The van der Waals surface area contributed by atoms with Gasteiger partial charge in [0, 0.05) is 19.0 Å². The molecular weight excluding hydrogens is 308 g/mol. The van der Waals surface area contributed by atoms with Gasteiger partial charge in [-0.1, -0.05) is 13.3 Å². The molecule has 0 bridgehead atoms. The van der Waals surface area contributed by atoms with Crippen molar-refractivity contribution in [2.75, 3.05) is 6.61 Å². The average Bonchev–Trinajstić information content (AvgIpc) is 2.95. The standard InChI is InChI=1S/C17H24N4O3/c1-4-7-14-15(10-9-13(12(2)22)17(14)23)24-11-6-5-8-16-18-19-20-21(16)3/h9-10,23H,4-8,11H2,1-3H3. The van der Waals surface area contributed by atoms with Crippen LogP contribution in [0.25, 0.3) is 0 Å². The number of aromatic hydroxyl groups is 1. The Hall–Kier alpha value is -2.44. The lowest BCUT2D eigenvalue weighted by atomic mass is 10.0. The molecule has 0 atom stereocenters. The summed E-state index contributed by atoms with van der Waals surface area (Å²) in [7, 11) is 1.82. The van der Waals surface area contributed by atoms with E-state index < -0.39 is 0 Å². The number of Topliss-reactive ketones (excluding diaryl/α,β-unsaturated/α-hetero) is 1. The number of hydrogen-bond donors (Lipinski definition) is 1. The zero-order valence-electron chi connectivity index (χ0n) is 14.4. The molecule has 0 spiro atoms. The van der Waals surface area contributed by atoms with Gasteiger partial charge in [0.05, 0.1) is 12.2 Å². The Morgan fingerprint density at radius 1 is 1.29 bits per heavy atom. The van der Waals surface area contributed by atoms with E-state index in [0.29, 0.717) is 29.9 Å². The minimum Gasteiger partial charge on any atom is -0.507 e. The van der Waals surface area contributed by atoms with Gasteiger partial charge in [-0.2, -0.15) is 0 Å². The Kier molecular flexibility index (Phi) is 6.28. The minimum atomic E-state index is -0.145. The Morgan fingerprint density at radius 3 is 2.71 bits per heavy atom. The van der Waals surface area contributed by atoms with E-state index in [1.807, 2.05) is 14.0 Å². The Morgan fingerprint density at radius 2 is 2.08 bits per heavy atom. The number of carbonyl (C=O) groups is 1. The first-order valence-electron chi connectivity index (χ1n) is 8.24. The van der Waals surface area contributed by atoms with Crippen molar-refractivity contribution in [3.63, 3.8) is 0 Å². The first-order valence-corrected chi connectivity index (χ1v) is 8.24. The van der Waals surface area contributed by atoms with Crippen molar-refractivity contribution in [1.29, 1.82) is 0 Å². The van der Waals surface area contributed by atoms with Crippen molar-refractivity contribution in [2.45, 2.75) is 46.0 Å². The molecule has 7 nitrogen and oxygen atoms in total.